The van der Waals surface area contributed by atoms with Crippen LogP contribution in [-0.2, 0) is 12.0 Å². The number of ether oxygens (including phenoxy) is 2. The zero-order valence-corrected chi connectivity index (χ0v) is 11.5. The highest BCUT2D eigenvalue weighted by Gasteiger charge is 2.58. The Morgan fingerprint density at radius 2 is 2.00 bits per heavy atom. The number of nitrogens with zero attached hydrogens (tertiary/aromatic N) is 1. The molecule has 110 valence electrons. The fourth-order valence-corrected chi connectivity index (χ4v) is 4.53. The summed E-state index contributed by atoms with van der Waals surface area (Å²) in [4.78, 5) is 2.28. The molecule has 0 radical (unpaired) electrons. The van der Waals surface area contributed by atoms with Crippen LogP contribution >= 0.6 is 0 Å². The van der Waals surface area contributed by atoms with Crippen LogP contribution in [0.15, 0.2) is 24.3 Å². The molecular weight excluding hydrogens is 270 g/mol. The third-order valence-electron chi connectivity index (χ3n) is 5.45. The molecule has 1 fully saturated rings. The Labute approximate surface area is 122 Å². The Morgan fingerprint density at radius 3 is 2.86 bits per heavy atom. The van der Waals surface area contributed by atoms with Gasteiger partial charge in [0.15, 0.2) is 11.5 Å². The normalized spacial score (nSPS) is 41.8. The molecule has 0 aromatic heterocycles. The first-order valence-corrected chi connectivity index (χ1v) is 7.41. The largest absolute Gasteiger partial charge is 0.454 e. The third-order valence-corrected chi connectivity index (χ3v) is 5.45. The first-order valence-electron chi connectivity index (χ1n) is 7.41. The number of aliphatic hydroxyl groups is 2. The van der Waals surface area contributed by atoms with Gasteiger partial charge in [0.05, 0.1) is 17.6 Å². The maximum atomic E-state index is 10.7. The SMILES string of the molecule is O[C@@H]1C=C[C@@]23c4cc5c(cc4CN(C[C@H]2O)[C@@H]3C1)OCO5. The summed E-state index contributed by atoms with van der Waals surface area (Å²) in [6.45, 7) is 1.69. The van der Waals surface area contributed by atoms with Gasteiger partial charge in [-0.1, -0.05) is 12.2 Å². The second kappa shape index (κ2) is 3.80. The summed E-state index contributed by atoms with van der Waals surface area (Å²) in [5.41, 5.74) is 1.89. The number of benzene rings is 1. The van der Waals surface area contributed by atoms with Crippen molar-refractivity contribution in [3.8, 4) is 11.5 Å². The molecule has 1 aromatic carbocycles. The van der Waals surface area contributed by atoms with E-state index in [1.165, 1.54) is 5.56 Å². The Balaban J connectivity index is 1.76. The topological polar surface area (TPSA) is 62.2 Å². The quantitative estimate of drug-likeness (QED) is 0.682. The van der Waals surface area contributed by atoms with E-state index in [0.717, 1.165) is 23.6 Å². The molecule has 1 saturated heterocycles. The zero-order valence-electron chi connectivity index (χ0n) is 11.5. The highest BCUT2D eigenvalue weighted by molar-refractivity contribution is 5.56. The lowest BCUT2D eigenvalue weighted by Gasteiger charge is -2.45. The van der Waals surface area contributed by atoms with E-state index >= 15 is 0 Å². The molecule has 5 rings (SSSR count). The molecule has 5 nitrogen and oxygen atoms in total. The molecule has 0 spiro atoms. The maximum Gasteiger partial charge on any atom is 0.231 e. The Kier molecular flexibility index (Phi) is 2.17. The van der Waals surface area contributed by atoms with Gasteiger partial charge >= 0.3 is 0 Å². The van der Waals surface area contributed by atoms with Crippen LogP contribution in [0.5, 0.6) is 11.5 Å². The van der Waals surface area contributed by atoms with Crippen molar-refractivity contribution in [1.82, 2.24) is 4.90 Å². The lowest BCUT2D eigenvalue weighted by atomic mass is 9.65. The monoisotopic (exact) mass is 287 g/mol. The number of rotatable bonds is 0. The van der Waals surface area contributed by atoms with E-state index < -0.39 is 17.6 Å². The van der Waals surface area contributed by atoms with Crippen molar-refractivity contribution in [3.63, 3.8) is 0 Å². The van der Waals surface area contributed by atoms with Crippen molar-refractivity contribution in [3.05, 3.63) is 35.4 Å². The van der Waals surface area contributed by atoms with Gasteiger partial charge in [-0.2, -0.15) is 0 Å². The van der Waals surface area contributed by atoms with Crippen molar-refractivity contribution < 1.29 is 19.7 Å². The van der Waals surface area contributed by atoms with Gasteiger partial charge in [0.1, 0.15) is 0 Å². The van der Waals surface area contributed by atoms with Gasteiger partial charge < -0.3 is 19.7 Å². The maximum absolute atomic E-state index is 10.7. The van der Waals surface area contributed by atoms with Gasteiger partial charge in [-0.25, -0.2) is 0 Å². The summed E-state index contributed by atoms with van der Waals surface area (Å²) in [5.74, 6) is 1.55. The zero-order chi connectivity index (χ0) is 14.2. The van der Waals surface area contributed by atoms with Gasteiger partial charge in [-0.05, 0) is 29.7 Å². The molecule has 0 amide bonds. The Bertz CT molecular complexity index is 658. The molecule has 4 aliphatic rings. The van der Waals surface area contributed by atoms with Crippen LogP contribution in [0.25, 0.3) is 0 Å². The average Bonchev–Trinajstić information content (AvgIpc) is 2.99. The van der Waals surface area contributed by atoms with Crippen molar-refractivity contribution in [2.24, 2.45) is 0 Å². The summed E-state index contributed by atoms with van der Waals surface area (Å²) in [6, 6.07) is 4.22. The average molecular weight is 287 g/mol. The first-order chi connectivity index (χ1) is 10.2. The number of fused-ring (bicyclic) bond motifs is 2. The number of aliphatic hydroxyl groups excluding tert-OH is 2. The molecule has 21 heavy (non-hydrogen) atoms. The van der Waals surface area contributed by atoms with Crippen LogP contribution in [0.4, 0.5) is 0 Å². The van der Waals surface area contributed by atoms with E-state index in [2.05, 4.69) is 4.90 Å². The van der Waals surface area contributed by atoms with E-state index in [4.69, 9.17) is 9.47 Å². The standard InChI is InChI=1S/C16H17NO4/c18-10-1-2-16-11-5-13-12(20-8-21-13)3-9(11)6-17(7-15(16)19)14(16)4-10/h1-3,5,10,14-15,18-19H,4,6-8H2/t10-,14-,15-,16+/m1/s1. The van der Waals surface area contributed by atoms with Crippen molar-refractivity contribution >= 4 is 0 Å². The second-order valence-corrected chi connectivity index (χ2v) is 6.42. The van der Waals surface area contributed by atoms with Crippen LogP contribution in [-0.4, -0.2) is 46.7 Å². The fraction of sp³-hybridized carbons (Fsp3) is 0.500. The minimum absolute atomic E-state index is 0.153. The van der Waals surface area contributed by atoms with E-state index in [1.54, 1.807) is 0 Å². The minimum Gasteiger partial charge on any atom is -0.454 e. The molecule has 1 unspecified atom stereocenters. The lowest BCUT2D eigenvalue weighted by molar-refractivity contribution is 0.0937. The molecule has 3 heterocycles. The molecule has 5 atom stereocenters. The van der Waals surface area contributed by atoms with E-state index in [-0.39, 0.29) is 12.8 Å². The fourth-order valence-electron chi connectivity index (χ4n) is 4.53. The summed E-state index contributed by atoms with van der Waals surface area (Å²) in [6.07, 6.45) is 3.63. The van der Waals surface area contributed by atoms with Crippen LogP contribution in [0.2, 0.25) is 0 Å². The summed E-state index contributed by atoms with van der Waals surface area (Å²) in [5, 5.41) is 20.7. The van der Waals surface area contributed by atoms with Crippen molar-refractivity contribution in [2.45, 2.75) is 36.6 Å². The van der Waals surface area contributed by atoms with Crippen molar-refractivity contribution in [2.75, 3.05) is 13.3 Å². The molecule has 2 N–H and O–H groups in total. The molecule has 1 aromatic rings. The van der Waals surface area contributed by atoms with Gasteiger partial charge in [0.2, 0.25) is 6.79 Å². The highest BCUT2D eigenvalue weighted by Crippen LogP contribution is 2.53. The van der Waals surface area contributed by atoms with Crippen molar-refractivity contribution in [1.29, 1.82) is 0 Å². The Morgan fingerprint density at radius 1 is 1.19 bits per heavy atom. The minimum atomic E-state index is -0.451. The van der Waals surface area contributed by atoms with Crippen LogP contribution in [0, 0.1) is 0 Å². The number of hydrogen-bond donors (Lipinski definition) is 2. The van der Waals surface area contributed by atoms with Gasteiger partial charge in [-0.3, -0.25) is 4.90 Å². The van der Waals surface area contributed by atoms with Gasteiger partial charge in [-0.15, -0.1) is 0 Å². The molecule has 3 aliphatic heterocycles. The molecule has 5 heteroatoms. The van der Waals surface area contributed by atoms with E-state index in [9.17, 15) is 10.2 Å². The first kappa shape index (κ1) is 12.0. The third kappa shape index (κ3) is 1.36. The molecule has 0 saturated carbocycles. The van der Waals surface area contributed by atoms with Gasteiger partial charge in [0, 0.05) is 19.1 Å². The van der Waals surface area contributed by atoms with Crippen LogP contribution < -0.4 is 9.47 Å². The Hall–Kier alpha value is -1.56. The molecule has 2 bridgehead atoms. The second-order valence-electron chi connectivity index (χ2n) is 6.42. The van der Waals surface area contributed by atoms with Crippen LogP contribution in [0.1, 0.15) is 17.5 Å². The molecule has 1 aliphatic carbocycles. The van der Waals surface area contributed by atoms with Crippen LogP contribution in [0.3, 0.4) is 0 Å². The summed E-state index contributed by atoms with van der Waals surface area (Å²) in [7, 11) is 0. The number of hydrogen-bond acceptors (Lipinski definition) is 5. The molecular formula is C16H17NO4. The highest BCUT2D eigenvalue weighted by atomic mass is 16.7. The summed E-state index contributed by atoms with van der Waals surface area (Å²) >= 11 is 0. The lowest BCUT2D eigenvalue weighted by Crippen LogP contribution is -2.52. The summed E-state index contributed by atoms with van der Waals surface area (Å²) < 4.78 is 11.0. The smallest absolute Gasteiger partial charge is 0.231 e. The van der Waals surface area contributed by atoms with E-state index in [0.29, 0.717) is 13.0 Å². The van der Waals surface area contributed by atoms with Gasteiger partial charge in [0.25, 0.3) is 0 Å². The predicted octanol–water partition coefficient (Wildman–Crippen LogP) is 0.533. The predicted molar refractivity (Wildman–Crippen MR) is 74.2 cm³/mol. The van der Waals surface area contributed by atoms with E-state index in [1.807, 2.05) is 24.3 Å².